The Kier molecular flexibility index (Phi) is 4.82. The van der Waals surface area contributed by atoms with Crippen molar-refractivity contribution in [3.8, 4) is 5.75 Å². The number of ether oxygens (including phenoxy) is 1. The Bertz CT molecular complexity index is 415. The molecule has 1 aliphatic rings. The van der Waals surface area contributed by atoms with Gasteiger partial charge in [-0.3, -0.25) is 4.90 Å². The first-order valence-corrected chi connectivity index (χ1v) is 6.36. The molecule has 1 aromatic carbocycles. The maximum atomic E-state index is 13.2. The molecule has 112 valence electrons. The lowest BCUT2D eigenvalue weighted by Gasteiger charge is -2.33. The fourth-order valence-corrected chi connectivity index (χ4v) is 2.28. The summed E-state index contributed by atoms with van der Waals surface area (Å²) in [6.07, 6.45) is -4.71. The van der Waals surface area contributed by atoms with Crippen molar-refractivity contribution in [1.82, 2.24) is 10.2 Å². The summed E-state index contributed by atoms with van der Waals surface area (Å²) in [6, 6.07) is 4.97. The van der Waals surface area contributed by atoms with Gasteiger partial charge in [0.2, 0.25) is 0 Å². The molecule has 3 nitrogen and oxygen atoms in total. The number of rotatable bonds is 4. The molecular formula is C13H16F4N2O. The first-order chi connectivity index (χ1) is 9.49. The molecule has 1 saturated heterocycles. The first-order valence-electron chi connectivity index (χ1n) is 6.36. The lowest BCUT2D eigenvalue weighted by Crippen LogP contribution is -2.45. The SMILES string of the molecule is FC[C@@H](c1ccc(OC(F)(F)F)cc1)N1CCNCC1. The number of hydrogen-bond donors (Lipinski definition) is 1. The molecule has 0 saturated carbocycles. The molecule has 7 heteroatoms. The zero-order chi connectivity index (χ0) is 14.6. The van der Waals surface area contributed by atoms with E-state index in [1.54, 1.807) is 0 Å². The van der Waals surface area contributed by atoms with E-state index < -0.39 is 19.1 Å². The minimum atomic E-state index is -4.71. The first kappa shape index (κ1) is 15.1. The van der Waals surface area contributed by atoms with E-state index in [2.05, 4.69) is 10.1 Å². The number of alkyl halides is 4. The van der Waals surface area contributed by atoms with Crippen molar-refractivity contribution in [3.05, 3.63) is 29.8 Å². The van der Waals surface area contributed by atoms with Crippen molar-refractivity contribution >= 4 is 0 Å². The highest BCUT2D eigenvalue weighted by molar-refractivity contribution is 5.29. The molecule has 0 aromatic heterocycles. The smallest absolute Gasteiger partial charge is 0.406 e. The van der Waals surface area contributed by atoms with Crippen LogP contribution >= 0.6 is 0 Å². The lowest BCUT2D eigenvalue weighted by atomic mass is 10.1. The summed E-state index contributed by atoms with van der Waals surface area (Å²) in [7, 11) is 0. The van der Waals surface area contributed by atoms with Gasteiger partial charge in [-0.1, -0.05) is 12.1 Å². The van der Waals surface area contributed by atoms with Crippen LogP contribution in [-0.2, 0) is 0 Å². The van der Waals surface area contributed by atoms with Gasteiger partial charge in [-0.15, -0.1) is 13.2 Å². The predicted octanol–water partition coefficient (Wildman–Crippen LogP) is 2.50. The second-order valence-electron chi connectivity index (χ2n) is 4.57. The van der Waals surface area contributed by atoms with Gasteiger partial charge < -0.3 is 10.1 Å². The zero-order valence-electron chi connectivity index (χ0n) is 10.8. The molecule has 1 fully saturated rings. The lowest BCUT2D eigenvalue weighted by molar-refractivity contribution is -0.274. The van der Waals surface area contributed by atoms with Gasteiger partial charge in [0, 0.05) is 26.2 Å². The quantitative estimate of drug-likeness (QED) is 0.863. The molecule has 1 atom stereocenters. The molecule has 0 aliphatic carbocycles. The molecule has 2 rings (SSSR count). The Hall–Kier alpha value is -1.34. The van der Waals surface area contributed by atoms with E-state index in [-0.39, 0.29) is 5.75 Å². The largest absolute Gasteiger partial charge is 0.573 e. The van der Waals surface area contributed by atoms with Gasteiger partial charge in [-0.25, -0.2) is 4.39 Å². The van der Waals surface area contributed by atoms with Crippen molar-refractivity contribution in [2.24, 2.45) is 0 Å². The normalized spacial score (nSPS) is 18.8. The molecule has 1 N–H and O–H groups in total. The third-order valence-corrected chi connectivity index (χ3v) is 3.24. The number of nitrogens with one attached hydrogen (secondary N) is 1. The number of halogens is 4. The van der Waals surface area contributed by atoms with Crippen molar-refractivity contribution in [2.45, 2.75) is 12.4 Å². The summed E-state index contributed by atoms with van der Waals surface area (Å²) in [6.45, 7) is 2.43. The molecule has 1 heterocycles. The molecular weight excluding hydrogens is 276 g/mol. The summed E-state index contributed by atoms with van der Waals surface area (Å²) >= 11 is 0. The van der Waals surface area contributed by atoms with Gasteiger partial charge in [0.05, 0.1) is 6.04 Å². The minimum absolute atomic E-state index is 0.292. The Morgan fingerprint density at radius 3 is 2.25 bits per heavy atom. The summed E-state index contributed by atoms with van der Waals surface area (Å²) < 4.78 is 53.2. The van der Waals surface area contributed by atoms with Gasteiger partial charge >= 0.3 is 6.36 Å². The van der Waals surface area contributed by atoms with E-state index >= 15 is 0 Å². The van der Waals surface area contributed by atoms with Crippen LogP contribution in [0.25, 0.3) is 0 Å². The number of hydrogen-bond acceptors (Lipinski definition) is 3. The zero-order valence-corrected chi connectivity index (χ0v) is 10.8. The van der Waals surface area contributed by atoms with Gasteiger partial charge in [0.1, 0.15) is 12.4 Å². The van der Waals surface area contributed by atoms with E-state index in [1.165, 1.54) is 24.3 Å². The molecule has 1 aromatic rings. The van der Waals surface area contributed by atoms with Crippen LogP contribution in [0.5, 0.6) is 5.75 Å². The fraction of sp³-hybridized carbons (Fsp3) is 0.538. The Morgan fingerprint density at radius 1 is 1.15 bits per heavy atom. The standard InChI is InChI=1S/C13H16F4N2O/c14-9-12(19-7-5-18-6-8-19)10-1-3-11(4-2-10)20-13(15,16)17/h1-4,12,18H,5-9H2/t12-/m0/s1. The van der Waals surface area contributed by atoms with Crippen LogP contribution in [0.3, 0.4) is 0 Å². The van der Waals surface area contributed by atoms with E-state index in [1.807, 2.05) is 4.90 Å². The molecule has 0 bridgehead atoms. The van der Waals surface area contributed by atoms with Gasteiger partial charge in [-0.05, 0) is 17.7 Å². The fourth-order valence-electron chi connectivity index (χ4n) is 2.28. The van der Waals surface area contributed by atoms with Gasteiger partial charge in [0.25, 0.3) is 0 Å². The number of nitrogens with zero attached hydrogens (tertiary/aromatic N) is 1. The number of benzene rings is 1. The van der Waals surface area contributed by atoms with Crippen LogP contribution in [0, 0.1) is 0 Å². The van der Waals surface area contributed by atoms with Crippen molar-refractivity contribution in [3.63, 3.8) is 0 Å². The van der Waals surface area contributed by atoms with Gasteiger partial charge in [-0.2, -0.15) is 0 Å². The minimum Gasteiger partial charge on any atom is -0.406 e. The highest BCUT2D eigenvalue weighted by Gasteiger charge is 2.31. The second-order valence-corrected chi connectivity index (χ2v) is 4.57. The highest BCUT2D eigenvalue weighted by atomic mass is 19.4. The third-order valence-electron chi connectivity index (χ3n) is 3.24. The maximum absolute atomic E-state index is 13.2. The maximum Gasteiger partial charge on any atom is 0.573 e. The van der Waals surface area contributed by atoms with E-state index in [0.29, 0.717) is 5.56 Å². The molecule has 0 spiro atoms. The van der Waals surface area contributed by atoms with E-state index in [4.69, 9.17) is 0 Å². The predicted molar refractivity (Wildman–Crippen MR) is 66.3 cm³/mol. The molecule has 1 aliphatic heterocycles. The van der Waals surface area contributed by atoms with Crippen LogP contribution in [-0.4, -0.2) is 44.1 Å². The third kappa shape index (κ3) is 4.08. The van der Waals surface area contributed by atoms with Crippen LogP contribution in [0.15, 0.2) is 24.3 Å². The summed E-state index contributed by atoms with van der Waals surface area (Å²) in [5.41, 5.74) is 0.656. The van der Waals surface area contributed by atoms with Crippen molar-refractivity contribution < 1.29 is 22.3 Å². The molecule has 0 amide bonds. The van der Waals surface area contributed by atoms with Crippen LogP contribution in [0.2, 0.25) is 0 Å². The molecule has 0 unspecified atom stereocenters. The molecule has 0 radical (unpaired) electrons. The summed E-state index contributed by atoms with van der Waals surface area (Å²) in [5, 5.41) is 3.17. The topological polar surface area (TPSA) is 24.5 Å². The summed E-state index contributed by atoms with van der Waals surface area (Å²) in [4.78, 5) is 1.98. The Balaban J connectivity index is 2.06. The van der Waals surface area contributed by atoms with Crippen molar-refractivity contribution in [2.75, 3.05) is 32.9 Å². The Morgan fingerprint density at radius 2 is 1.75 bits per heavy atom. The van der Waals surface area contributed by atoms with E-state index in [0.717, 1.165) is 26.2 Å². The van der Waals surface area contributed by atoms with E-state index in [9.17, 15) is 17.6 Å². The van der Waals surface area contributed by atoms with Crippen LogP contribution in [0.1, 0.15) is 11.6 Å². The van der Waals surface area contributed by atoms with Crippen LogP contribution in [0.4, 0.5) is 17.6 Å². The average molecular weight is 292 g/mol. The second kappa shape index (κ2) is 6.41. The Labute approximate surface area is 114 Å². The monoisotopic (exact) mass is 292 g/mol. The summed E-state index contributed by atoms with van der Waals surface area (Å²) in [5.74, 6) is -0.292. The van der Waals surface area contributed by atoms with Gasteiger partial charge in [0.15, 0.2) is 0 Å². The van der Waals surface area contributed by atoms with Crippen LogP contribution < -0.4 is 10.1 Å². The number of piperazine rings is 1. The molecule has 20 heavy (non-hydrogen) atoms. The average Bonchev–Trinajstić information content (AvgIpc) is 2.41. The highest BCUT2D eigenvalue weighted by Crippen LogP contribution is 2.27. The van der Waals surface area contributed by atoms with Crippen molar-refractivity contribution in [1.29, 1.82) is 0 Å².